The smallest absolute Gasteiger partial charge is 0.191 e. The number of nitrogens with zero attached hydrogens (tertiary/aromatic N) is 1. The average molecular weight is 489 g/mol. The van der Waals surface area contributed by atoms with Gasteiger partial charge in [-0.25, -0.2) is 0 Å². The lowest BCUT2D eigenvalue weighted by Gasteiger charge is -2.14. The van der Waals surface area contributed by atoms with Crippen LogP contribution < -0.4 is 10.6 Å². The third-order valence-corrected chi connectivity index (χ3v) is 4.53. The van der Waals surface area contributed by atoms with E-state index in [-0.39, 0.29) is 24.0 Å². The van der Waals surface area contributed by atoms with Crippen LogP contribution in [0.5, 0.6) is 0 Å². The first-order chi connectivity index (χ1) is 12.3. The van der Waals surface area contributed by atoms with Crippen molar-refractivity contribution in [3.05, 3.63) is 54.5 Å². The molecule has 1 heterocycles. The molecule has 2 aromatic rings. The fourth-order valence-corrected chi connectivity index (χ4v) is 3.12. The molecule has 1 aromatic heterocycles. The molecule has 0 saturated heterocycles. The van der Waals surface area contributed by atoms with Gasteiger partial charge in [-0.1, -0.05) is 25.1 Å². The number of hydrogen-bond acceptors (Lipinski definition) is 4. The third-order valence-electron chi connectivity index (χ3n) is 3.43. The van der Waals surface area contributed by atoms with Crippen LogP contribution in [0, 0.1) is 0 Å². The highest BCUT2D eigenvalue weighted by molar-refractivity contribution is 14.0. The number of halogens is 1. The van der Waals surface area contributed by atoms with E-state index in [1.807, 2.05) is 30.0 Å². The second kappa shape index (κ2) is 13.9. The molecule has 26 heavy (non-hydrogen) atoms. The number of methoxy groups -OCH3 is 1. The van der Waals surface area contributed by atoms with Crippen molar-refractivity contribution in [2.75, 3.05) is 33.4 Å². The maximum Gasteiger partial charge on any atom is 0.191 e. The van der Waals surface area contributed by atoms with E-state index in [9.17, 15) is 0 Å². The largest absolute Gasteiger partial charge is 0.469 e. The predicted molar refractivity (Wildman–Crippen MR) is 120 cm³/mol. The predicted octanol–water partition coefficient (Wildman–Crippen LogP) is 3.80. The van der Waals surface area contributed by atoms with E-state index >= 15 is 0 Å². The summed E-state index contributed by atoms with van der Waals surface area (Å²) in [6.07, 6.45) is 2.52. The van der Waals surface area contributed by atoms with Gasteiger partial charge in [0.05, 0.1) is 19.4 Å². The lowest BCUT2D eigenvalue weighted by Crippen LogP contribution is -2.40. The first-order valence-electron chi connectivity index (χ1n) is 8.53. The van der Waals surface area contributed by atoms with Gasteiger partial charge in [0.2, 0.25) is 0 Å². The fraction of sp³-hybridized carbons (Fsp3) is 0.421. The van der Waals surface area contributed by atoms with Crippen molar-refractivity contribution in [1.29, 1.82) is 0 Å². The van der Waals surface area contributed by atoms with Crippen LogP contribution in [0.3, 0.4) is 0 Å². The van der Waals surface area contributed by atoms with Crippen LogP contribution in [0.15, 0.2) is 63.0 Å². The van der Waals surface area contributed by atoms with Gasteiger partial charge >= 0.3 is 0 Å². The first kappa shape index (κ1) is 22.9. The number of furan rings is 1. The Kier molecular flexibility index (Phi) is 12.3. The Morgan fingerprint density at radius 3 is 2.62 bits per heavy atom. The van der Waals surface area contributed by atoms with E-state index in [0.29, 0.717) is 11.9 Å². The summed E-state index contributed by atoms with van der Waals surface area (Å²) in [4.78, 5) is 5.97. The quantitative estimate of drug-likeness (QED) is 0.175. The second-order valence-corrected chi connectivity index (χ2v) is 7.12. The fourth-order valence-electron chi connectivity index (χ4n) is 2.19. The third kappa shape index (κ3) is 9.49. The van der Waals surface area contributed by atoms with Gasteiger partial charge in [0.1, 0.15) is 5.76 Å². The molecular formula is C19H28IN3O2S. The minimum absolute atomic E-state index is 0. The summed E-state index contributed by atoms with van der Waals surface area (Å²) in [5, 5.41) is 7.04. The summed E-state index contributed by atoms with van der Waals surface area (Å²) in [7, 11) is 1.70. The molecule has 0 aliphatic carbocycles. The lowest BCUT2D eigenvalue weighted by molar-refractivity contribution is 0.203. The van der Waals surface area contributed by atoms with Gasteiger partial charge in [-0.15, -0.1) is 35.7 Å². The molecule has 0 fully saturated rings. The van der Waals surface area contributed by atoms with Gasteiger partial charge in [0.25, 0.3) is 0 Å². The summed E-state index contributed by atoms with van der Waals surface area (Å²) in [6.45, 7) is 5.07. The van der Waals surface area contributed by atoms with Crippen molar-refractivity contribution in [1.82, 2.24) is 10.6 Å². The average Bonchev–Trinajstić information content (AvgIpc) is 3.13. The Balaban J connectivity index is 0.00000338. The topological polar surface area (TPSA) is 58.8 Å². The van der Waals surface area contributed by atoms with Gasteiger partial charge in [-0.3, -0.25) is 4.99 Å². The molecule has 0 amide bonds. The number of hydrogen-bond donors (Lipinski definition) is 2. The zero-order valence-electron chi connectivity index (χ0n) is 15.3. The SMILES string of the molecule is COCCNC(=NCC(C)Sc1ccccc1)NCCc1ccco1.I. The summed E-state index contributed by atoms with van der Waals surface area (Å²) in [6, 6.07) is 14.3. The first-order valence-corrected chi connectivity index (χ1v) is 9.41. The maximum absolute atomic E-state index is 5.35. The molecule has 0 saturated carbocycles. The van der Waals surface area contributed by atoms with Gasteiger partial charge in [-0.2, -0.15) is 0 Å². The minimum Gasteiger partial charge on any atom is -0.469 e. The van der Waals surface area contributed by atoms with Gasteiger partial charge < -0.3 is 19.8 Å². The monoisotopic (exact) mass is 489 g/mol. The van der Waals surface area contributed by atoms with E-state index in [4.69, 9.17) is 14.1 Å². The van der Waals surface area contributed by atoms with E-state index in [1.165, 1.54) is 4.90 Å². The number of rotatable bonds is 10. The molecule has 0 aliphatic heterocycles. The van der Waals surface area contributed by atoms with E-state index in [1.54, 1.807) is 13.4 Å². The molecule has 7 heteroatoms. The van der Waals surface area contributed by atoms with Crippen LogP contribution >= 0.6 is 35.7 Å². The number of benzene rings is 1. The molecular weight excluding hydrogens is 461 g/mol. The second-order valence-electron chi connectivity index (χ2n) is 5.61. The maximum atomic E-state index is 5.35. The molecule has 1 unspecified atom stereocenters. The van der Waals surface area contributed by atoms with Gasteiger partial charge in [0.15, 0.2) is 5.96 Å². The zero-order chi connectivity index (χ0) is 17.7. The number of thioether (sulfide) groups is 1. The minimum atomic E-state index is 0. The molecule has 1 aromatic carbocycles. The lowest BCUT2D eigenvalue weighted by atomic mass is 10.3. The Morgan fingerprint density at radius 1 is 1.15 bits per heavy atom. The van der Waals surface area contributed by atoms with Gasteiger partial charge in [-0.05, 0) is 24.3 Å². The van der Waals surface area contributed by atoms with E-state index < -0.39 is 0 Å². The van der Waals surface area contributed by atoms with E-state index in [0.717, 1.165) is 37.8 Å². The zero-order valence-corrected chi connectivity index (χ0v) is 18.5. The van der Waals surface area contributed by atoms with Crippen LogP contribution in [0.1, 0.15) is 12.7 Å². The highest BCUT2D eigenvalue weighted by Crippen LogP contribution is 2.22. The van der Waals surface area contributed by atoms with Crippen LogP contribution in [0.2, 0.25) is 0 Å². The van der Waals surface area contributed by atoms with Crippen molar-refractivity contribution >= 4 is 41.7 Å². The standard InChI is InChI=1S/C19H27N3O2S.HI/c1-16(25-18-8-4-3-5-9-18)15-22-19(21-12-14-23-2)20-11-10-17-7-6-13-24-17;/h3-9,13,16H,10-12,14-15H2,1-2H3,(H2,20,21,22);1H. The molecule has 0 bridgehead atoms. The van der Waals surface area contributed by atoms with E-state index in [2.05, 4.69) is 41.8 Å². The Labute approximate surface area is 177 Å². The molecule has 0 spiro atoms. The molecule has 144 valence electrons. The van der Waals surface area contributed by atoms with Crippen molar-refractivity contribution in [2.45, 2.75) is 23.5 Å². The van der Waals surface area contributed by atoms with Gasteiger partial charge in [0, 0.05) is 36.8 Å². The summed E-state index contributed by atoms with van der Waals surface area (Å²) in [5.74, 6) is 1.78. The van der Waals surface area contributed by atoms with Crippen LogP contribution in [0.25, 0.3) is 0 Å². The van der Waals surface area contributed by atoms with Crippen molar-refractivity contribution < 1.29 is 9.15 Å². The number of nitrogens with one attached hydrogen (secondary N) is 2. The molecule has 0 radical (unpaired) electrons. The molecule has 2 N–H and O–H groups in total. The van der Waals surface area contributed by atoms with Crippen LogP contribution in [-0.2, 0) is 11.2 Å². The van der Waals surface area contributed by atoms with Crippen LogP contribution in [-0.4, -0.2) is 44.6 Å². The van der Waals surface area contributed by atoms with Crippen LogP contribution in [0.4, 0.5) is 0 Å². The highest BCUT2D eigenvalue weighted by atomic mass is 127. The summed E-state index contributed by atoms with van der Waals surface area (Å²) < 4.78 is 10.5. The number of guanidine groups is 1. The molecule has 1 atom stereocenters. The number of aliphatic imine (C=N–C) groups is 1. The molecule has 2 rings (SSSR count). The Hall–Kier alpha value is -1.19. The molecule has 0 aliphatic rings. The summed E-state index contributed by atoms with van der Waals surface area (Å²) >= 11 is 1.83. The molecule has 5 nitrogen and oxygen atoms in total. The normalized spacial score (nSPS) is 12.3. The number of ether oxygens (including phenoxy) is 1. The Morgan fingerprint density at radius 2 is 1.92 bits per heavy atom. The summed E-state index contributed by atoms with van der Waals surface area (Å²) in [5.41, 5.74) is 0. The van der Waals surface area contributed by atoms with Crippen molar-refractivity contribution in [2.24, 2.45) is 4.99 Å². The van der Waals surface area contributed by atoms with Crippen molar-refractivity contribution in [3.63, 3.8) is 0 Å². The van der Waals surface area contributed by atoms with Crippen molar-refractivity contribution in [3.8, 4) is 0 Å². The highest BCUT2D eigenvalue weighted by Gasteiger charge is 2.05. The Bertz CT molecular complexity index is 609.